The van der Waals surface area contributed by atoms with Crippen molar-refractivity contribution >= 4 is 5.91 Å². The highest BCUT2D eigenvalue weighted by Gasteiger charge is 2.35. The van der Waals surface area contributed by atoms with Crippen molar-refractivity contribution in [3.05, 3.63) is 0 Å². The number of hydrogen-bond donors (Lipinski definition) is 1. The van der Waals surface area contributed by atoms with E-state index in [9.17, 15) is 4.79 Å². The van der Waals surface area contributed by atoms with Gasteiger partial charge in [-0.15, -0.1) is 0 Å². The Balaban J connectivity index is 1.90. The molecule has 0 bridgehead atoms. The van der Waals surface area contributed by atoms with Crippen LogP contribution in [0.15, 0.2) is 0 Å². The maximum atomic E-state index is 11.5. The quantitative estimate of drug-likeness (QED) is 0.645. The van der Waals surface area contributed by atoms with Crippen molar-refractivity contribution in [2.75, 3.05) is 13.6 Å². The fraction of sp³-hybridized carbons (Fsp3) is 0.889. The zero-order valence-corrected chi connectivity index (χ0v) is 7.55. The van der Waals surface area contributed by atoms with E-state index in [1.165, 1.54) is 12.8 Å². The summed E-state index contributed by atoms with van der Waals surface area (Å²) in [7, 11) is 1.94. The Morgan fingerprint density at radius 2 is 2.17 bits per heavy atom. The van der Waals surface area contributed by atoms with Crippen molar-refractivity contribution < 1.29 is 4.79 Å². The molecule has 68 valence electrons. The van der Waals surface area contributed by atoms with Crippen LogP contribution >= 0.6 is 0 Å². The molecule has 1 unspecified atom stereocenters. The number of likely N-dealkylation sites (tertiary alicyclic amines) is 1. The molecule has 0 aromatic rings. The van der Waals surface area contributed by atoms with Crippen molar-refractivity contribution in [2.45, 2.75) is 37.8 Å². The van der Waals surface area contributed by atoms with Gasteiger partial charge in [-0.05, 0) is 26.3 Å². The Morgan fingerprint density at radius 3 is 2.67 bits per heavy atom. The first kappa shape index (κ1) is 8.05. The molecular formula is C9H16N2O. The average Bonchev–Trinajstić information content (AvgIpc) is 2.87. The Kier molecular flexibility index (Phi) is 2.05. The molecule has 1 aliphatic carbocycles. The largest absolute Gasteiger partial charge is 0.340 e. The zero-order valence-electron chi connectivity index (χ0n) is 7.55. The third kappa shape index (κ3) is 1.46. The maximum absolute atomic E-state index is 11.5. The number of carbonyl (C=O) groups excluding carboxylic acids is 1. The van der Waals surface area contributed by atoms with E-state index in [0.717, 1.165) is 13.0 Å². The van der Waals surface area contributed by atoms with Gasteiger partial charge in [0.2, 0.25) is 5.91 Å². The summed E-state index contributed by atoms with van der Waals surface area (Å²) in [6.45, 7) is 0.967. The lowest BCUT2D eigenvalue weighted by atomic mass is 10.0. The normalized spacial score (nSPS) is 30.9. The standard InChI is InChI=1S/C9H16N2O/c1-10-7-4-5-11(8-2-3-8)9(12)6-7/h7-8,10H,2-6H2,1H3. The fourth-order valence-electron chi connectivity index (χ4n) is 1.87. The summed E-state index contributed by atoms with van der Waals surface area (Å²) in [5.41, 5.74) is 0. The second kappa shape index (κ2) is 3.05. The minimum Gasteiger partial charge on any atom is -0.340 e. The highest BCUT2D eigenvalue weighted by molar-refractivity contribution is 5.78. The number of nitrogens with zero attached hydrogens (tertiary/aromatic N) is 1. The van der Waals surface area contributed by atoms with Gasteiger partial charge in [0, 0.05) is 25.0 Å². The van der Waals surface area contributed by atoms with Crippen LogP contribution in [0.3, 0.4) is 0 Å². The molecule has 1 saturated carbocycles. The lowest BCUT2D eigenvalue weighted by Gasteiger charge is -2.31. The van der Waals surface area contributed by atoms with Crippen LogP contribution in [-0.2, 0) is 4.79 Å². The number of piperidine rings is 1. The van der Waals surface area contributed by atoms with Gasteiger partial charge in [0.05, 0.1) is 0 Å². The minimum atomic E-state index is 0.350. The van der Waals surface area contributed by atoms with E-state index >= 15 is 0 Å². The van der Waals surface area contributed by atoms with Crippen LogP contribution in [0.4, 0.5) is 0 Å². The van der Waals surface area contributed by atoms with Gasteiger partial charge < -0.3 is 10.2 Å². The molecule has 2 aliphatic rings. The Hall–Kier alpha value is -0.570. The fourth-order valence-corrected chi connectivity index (χ4v) is 1.87. The highest BCUT2D eigenvalue weighted by atomic mass is 16.2. The Bertz CT molecular complexity index is 189. The lowest BCUT2D eigenvalue weighted by molar-refractivity contribution is -0.134. The van der Waals surface area contributed by atoms with Gasteiger partial charge in [0.15, 0.2) is 0 Å². The molecule has 0 spiro atoms. The molecule has 1 saturated heterocycles. The molecule has 0 aromatic carbocycles. The van der Waals surface area contributed by atoms with Gasteiger partial charge >= 0.3 is 0 Å². The van der Waals surface area contributed by atoms with Crippen LogP contribution < -0.4 is 5.32 Å². The van der Waals surface area contributed by atoms with Gasteiger partial charge in [0.1, 0.15) is 0 Å². The first-order valence-electron chi connectivity index (χ1n) is 4.78. The van der Waals surface area contributed by atoms with Crippen molar-refractivity contribution in [3.8, 4) is 0 Å². The molecule has 3 heteroatoms. The summed E-state index contributed by atoms with van der Waals surface area (Å²) in [4.78, 5) is 13.6. The number of carbonyl (C=O) groups is 1. The Labute approximate surface area is 73.1 Å². The number of amides is 1. The van der Waals surface area contributed by atoms with Crippen molar-refractivity contribution in [1.29, 1.82) is 0 Å². The van der Waals surface area contributed by atoms with Crippen LogP contribution in [0.1, 0.15) is 25.7 Å². The molecule has 3 nitrogen and oxygen atoms in total. The summed E-state index contributed by atoms with van der Waals surface area (Å²) in [5, 5.41) is 3.17. The predicted molar refractivity (Wildman–Crippen MR) is 46.8 cm³/mol. The molecule has 1 amide bonds. The molecule has 2 fully saturated rings. The summed E-state index contributed by atoms with van der Waals surface area (Å²) in [6, 6.07) is 1.03. The summed E-state index contributed by atoms with van der Waals surface area (Å²) < 4.78 is 0. The van der Waals surface area contributed by atoms with E-state index in [2.05, 4.69) is 10.2 Å². The van der Waals surface area contributed by atoms with Crippen molar-refractivity contribution in [3.63, 3.8) is 0 Å². The van der Waals surface area contributed by atoms with Crippen LogP contribution in [0.25, 0.3) is 0 Å². The van der Waals surface area contributed by atoms with E-state index in [1.54, 1.807) is 0 Å². The lowest BCUT2D eigenvalue weighted by Crippen LogP contribution is -2.45. The third-order valence-corrected chi connectivity index (χ3v) is 2.86. The number of rotatable bonds is 2. The first-order chi connectivity index (χ1) is 5.81. The van der Waals surface area contributed by atoms with E-state index in [4.69, 9.17) is 0 Å². The molecule has 1 heterocycles. The SMILES string of the molecule is CNC1CCN(C2CC2)C(=O)C1. The van der Waals surface area contributed by atoms with E-state index < -0.39 is 0 Å². The molecule has 1 aliphatic heterocycles. The van der Waals surface area contributed by atoms with Crippen molar-refractivity contribution in [2.24, 2.45) is 0 Å². The van der Waals surface area contributed by atoms with Crippen LogP contribution in [0.5, 0.6) is 0 Å². The van der Waals surface area contributed by atoms with E-state index in [0.29, 0.717) is 24.4 Å². The highest BCUT2D eigenvalue weighted by Crippen LogP contribution is 2.29. The first-order valence-corrected chi connectivity index (χ1v) is 4.78. The maximum Gasteiger partial charge on any atom is 0.224 e. The molecule has 12 heavy (non-hydrogen) atoms. The zero-order chi connectivity index (χ0) is 8.55. The van der Waals surface area contributed by atoms with Gasteiger partial charge in [-0.2, -0.15) is 0 Å². The van der Waals surface area contributed by atoms with Gasteiger partial charge in [0.25, 0.3) is 0 Å². The smallest absolute Gasteiger partial charge is 0.224 e. The van der Waals surface area contributed by atoms with Gasteiger partial charge in [-0.1, -0.05) is 0 Å². The summed E-state index contributed by atoms with van der Waals surface area (Å²) in [5.74, 6) is 0.350. The van der Waals surface area contributed by atoms with E-state index in [1.807, 2.05) is 7.05 Å². The third-order valence-electron chi connectivity index (χ3n) is 2.86. The summed E-state index contributed by atoms with van der Waals surface area (Å²) >= 11 is 0. The second-order valence-corrected chi connectivity index (χ2v) is 3.80. The monoisotopic (exact) mass is 168 g/mol. The topological polar surface area (TPSA) is 32.3 Å². The molecular weight excluding hydrogens is 152 g/mol. The molecule has 0 radical (unpaired) electrons. The minimum absolute atomic E-state index is 0.350. The molecule has 2 rings (SSSR count). The van der Waals surface area contributed by atoms with E-state index in [-0.39, 0.29) is 0 Å². The second-order valence-electron chi connectivity index (χ2n) is 3.80. The molecule has 1 N–H and O–H groups in total. The average molecular weight is 168 g/mol. The summed E-state index contributed by atoms with van der Waals surface area (Å²) in [6.07, 6.45) is 4.29. The van der Waals surface area contributed by atoms with Gasteiger partial charge in [-0.3, -0.25) is 4.79 Å². The van der Waals surface area contributed by atoms with Gasteiger partial charge in [-0.25, -0.2) is 0 Å². The number of nitrogens with one attached hydrogen (secondary N) is 1. The van der Waals surface area contributed by atoms with Crippen LogP contribution in [0.2, 0.25) is 0 Å². The Morgan fingerprint density at radius 1 is 1.42 bits per heavy atom. The predicted octanol–water partition coefficient (Wildman–Crippen LogP) is 0.359. The molecule has 1 atom stereocenters. The molecule has 0 aromatic heterocycles. The van der Waals surface area contributed by atoms with Crippen LogP contribution in [0, 0.1) is 0 Å². The van der Waals surface area contributed by atoms with Crippen molar-refractivity contribution in [1.82, 2.24) is 10.2 Å². The van der Waals surface area contributed by atoms with Crippen LogP contribution in [-0.4, -0.2) is 36.5 Å². The number of hydrogen-bond acceptors (Lipinski definition) is 2.